The molecule has 1 atom stereocenters. The maximum atomic E-state index is 11.8. The first kappa shape index (κ1) is 13.7. The Morgan fingerprint density at radius 2 is 2.25 bits per heavy atom. The molecule has 1 unspecified atom stereocenters. The Morgan fingerprint density at radius 3 is 3.05 bits per heavy atom. The molecule has 1 saturated heterocycles. The van der Waals surface area contributed by atoms with Crippen LogP contribution in [0, 0.1) is 5.41 Å². The van der Waals surface area contributed by atoms with Crippen LogP contribution in [0.4, 0.5) is 5.69 Å². The van der Waals surface area contributed by atoms with Gasteiger partial charge in [0.2, 0.25) is 0 Å². The van der Waals surface area contributed by atoms with Gasteiger partial charge < -0.3 is 10.1 Å². The first-order valence-electron chi connectivity index (χ1n) is 7.16. The number of nitrogens with one attached hydrogen (secondary N) is 1. The fraction of sp³-hybridized carbons (Fsp3) is 0.600. The Kier molecular flexibility index (Phi) is 3.40. The summed E-state index contributed by atoms with van der Waals surface area (Å²) >= 11 is 0. The van der Waals surface area contributed by atoms with Gasteiger partial charge in [0.05, 0.1) is 18.1 Å². The van der Waals surface area contributed by atoms with Crippen molar-refractivity contribution in [2.45, 2.75) is 26.2 Å². The third-order valence-electron chi connectivity index (χ3n) is 4.18. The number of rotatable bonds is 3. The van der Waals surface area contributed by atoms with Crippen LogP contribution < -0.4 is 10.1 Å². The maximum absolute atomic E-state index is 11.8. The lowest BCUT2D eigenvalue weighted by Gasteiger charge is -2.32. The summed E-state index contributed by atoms with van der Waals surface area (Å²) in [6.07, 6.45) is 2.69. The molecule has 0 saturated carbocycles. The average molecular weight is 295 g/mol. The van der Waals surface area contributed by atoms with Crippen molar-refractivity contribution in [2.24, 2.45) is 5.41 Å². The van der Waals surface area contributed by atoms with Gasteiger partial charge in [0, 0.05) is 17.6 Å². The van der Waals surface area contributed by atoms with Gasteiger partial charge in [0.25, 0.3) is 0 Å². The first-order chi connectivity index (χ1) is 9.46. The molecule has 1 aromatic carbocycles. The van der Waals surface area contributed by atoms with E-state index in [-0.39, 0.29) is 11.2 Å². The summed E-state index contributed by atoms with van der Waals surface area (Å²) in [5, 5.41) is 3.32. The Morgan fingerprint density at radius 1 is 1.40 bits per heavy atom. The average Bonchev–Trinajstić information content (AvgIpc) is 2.82. The summed E-state index contributed by atoms with van der Waals surface area (Å²) in [6.45, 7) is 3.46. The second-order valence-electron chi connectivity index (χ2n) is 6.29. The second-order valence-corrected chi connectivity index (χ2v) is 8.47. The molecule has 0 aliphatic carbocycles. The summed E-state index contributed by atoms with van der Waals surface area (Å²) in [4.78, 5) is 0. The topological polar surface area (TPSA) is 55.4 Å². The Hall–Kier alpha value is -1.23. The van der Waals surface area contributed by atoms with Gasteiger partial charge in [-0.05, 0) is 43.0 Å². The van der Waals surface area contributed by atoms with E-state index in [1.54, 1.807) is 0 Å². The minimum atomic E-state index is -2.89. The highest BCUT2D eigenvalue weighted by Gasteiger charge is 2.35. The van der Waals surface area contributed by atoms with Crippen molar-refractivity contribution < 1.29 is 13.2 Å². The fourth-order valence-electron chi connectivity index (χ4n) is 3.14. The van der Waals surface area contributed by atoms with Crippen LogP contribution in [0.1, 0.15) is 25.3 Å². The van der Waals surface area contributed by atoms with E-state index in [1.807, 2.05) is 19.1 Å². The highest BCUT2D eigenvalue weighted by Crippen LogP contribution is 2.33. The minimum absolute atomic E-state index is 0.243. The fourth-order valence-corrected chi connectivity index (χ4v) is 5.15. The SMILES string of the molecule is CC1(COc2ccc3c(c2)CCN3)CCCS(=O)(=O)C1. The van der Waals surface area contributed by atoms with Gasteiger partial charge in [-0.1, -0.05) is 6.92 Å². The lowest BCUT2D eigenvalue weighted by molar-refractivity contribution is 0.167. The first-order valence-corrected chi connectivity index (χ1v) is 8.98. The molecular weight excluding hydrogens is 274 g/mol. The molecule has 0 radical (unpaired) electrons. The normalized spacial score (nSPS) is 27.6. The number of sulfone groups is 1. The summed E-state index contributed by atoms with van der Waals surface area (Å²) < 4.78 is 29.4. The lowest BCUT2D eigenvalue weighted by atomic mass is 9.88. The number of hydrogen-bond donors (Lipinski definition) is 1. The largest absolute Gasteiger partial charge is 0.493 e. The van der Waals surface area contributed by atoms with Gasteiger partial charge >= 0.3 is 0 Å². The standard InChI is InChI=1S/C15H21NO3S/c1-15(6-2-8-20(17,18)11-15)10-19-13-3-4-14-12(9-13)5-7-16-14/h3-4,9,16H,2,5-8,10-11H2,1H3. The Labute approximate surface area is 120 Å². The molecule has 0 spiro atoms. The van der Waals surface area contributed by atoms with Gasteiger partial charge in [-0.25, -0.2) is 8.42 Å². The smallest absolute Gasteiger partial charge is 0.150 e. The lowest BCUT2D eigenvalue weighted by Crippen LogP contribution is -2.38. The molecule has 1 N–H and O–H groups in total. The number of ether oxygens (including phenoxy) is 1. The monoisotopic (exact) mass is 295 g/mol. The number of benzene rings is 1. The van der Waals surface area contributed by atoms with Crippen molar-refractivity contribution in [3.05, 3.63) is 23.8 Å². The van der Waals surface area contributed by atoms with E-state index in [0.717, 1.165) is 31.6 Å². The Balaban J connectivity index is 1.67. The van der Waals surface area contributed by atoms with Gasteiger partial charge in [-0.3, -0.25) is 0 Å². The van der Waals surface area contributed by atoms with E-state index in [9.17, 15) is 8.42 Å². The molecule has 1 aromatic rings. The molecular formula is C15H21NO3S. The molecule has 0 aromatic heterocycles. The quantitative estimate of drug-likeness (QED) is 0.929. The molecule has 2 heterocycles. The van der Waals surface area contributed by atoms with Crippen LogP contribution >= 0.6 is 0 Å². The molecule has 2 aliphatic rings. The van der Waals surface area contributed by atoms with Gasteiger partial charge in [0.15, 0.2) is 9.84 Å². The summed E-state index contributed by atoms with van der Waals surface area (Å²) in [7, 11) is -2.89. The van der Waals surface area contributed by atoms with Gasteiger partial charge in [-0.2, -0.15) is 0 Å². The third kappa shape index (κ3) is 2.92. The molecule has 1 fully saturated rings. The van der Waals surface area contributed by atoms with E-state index < -0.39 is 9.84 Å². The number of fused-ring (bicyclic) bond motifs is 1. The van der Waals surface area contributed by atoms with E-state index in [4.69, 9.17) is 4.74 Å². The number of hydrogen-bond acceptors (Lipinski definition) is 4. The second kappa shape index (κ2) is 4.95. The summed E-state index contributed by atoms with van der Waals surface area (Å²) in [5.74, 6) is 1.41. The molecule has 0 amide bonds. The van der Waals surface area contributed by atoms with Crippen molar-refractivity contribution in [1.29, 1.82) is 0 Å². The van der Waals surface area contributed by atoms with Crippen molar-refractivity contribution >= 4 is 15.5 Å². The van der Waals surface area contributed by atoms with Crippen LogP contribution in [-0.4, -0.2) is 33.1 Å². The molecule has 0 bridgehead atoms. The minimum Gasteiger partial charge on any atom is -0.493 e. The van der Waals surface area contributed by atoms with E-state index in [0.29, 0.717) is 12.4 Å². The maximum Gasteiger partial charge on any atom is 0.150 e. The molecule has 110 valence electrons. The van der Waals surface area contributed by atoms with Crippen LogP contribution in [0.5, 0.6) is 5.75 Å². The van der Waals surface area contributed by atoms with Gasteiger partial charge in [-0.15, -0.1) is 0 Å². The molecule has 4 nitrogen and oxygen atoms in total. The molecule has 3 rings (SSSR count). The van der Waals surface area contributed by atoms with E-state index in [1.165, 1.54) is 11.3 Å². The zero-order chi connectivity index (χ0) is 14.2. The Bertz CT molecular complexity index is 612. The predicted molar refractivity (Wildman–Crippen MR) is 80.1 cm³/mol. The van der Waals surface area contributed by atoms with Crippen LogP contribution in [0.3, 0.4) is 0 Å². The zero-order valence-corrected chi connectivity index (χ0v) is 12.6. The zero-order valence-electron chi connectivity index (χ0n) is 11.8. The summed E-state index contributed by atoms with van der Waals surface area (Å²) in [5.41, 5.74) is 2.21. The third-order valence-corrected chi connectivity index (χ3v) is 6.23. The van der Waals surface area contributed by atoms with Gasteiger partial charge in [0.1, 0.15) is 5.75 Å². The van der Waals surface area contributed by atoms with Crippen molar-refractivity contribution in [1.82, 2.24) is 0 Å². The number of anilines is 1. The molecule has 20 heavy (non-hydrogen) atoms. The molecule has 5 heteroatoms. The predicted octanol–water partition coefficient (Wildman–Crippen LogP) is 2.25. The van der Waals surface area contributed by atoms with Crippen LogP contribution in [0.25, 0.3) is 0 Å². The van der Waals surface area contributed by atoms with Crippen LogP contribution in [0.15, 0.2) is 18.2 Å². The summed E-state index contributed by atoms with van der Waals surface area (Å²) in [6, 6.07) is 6.06. The van der Waals surface area contributed by atoms with Crippen LogP contribution in [0.2, 0.25) is 0 Å². The molecule has 2 aliphatic heterocycles. The highest BCUT2D eigenvalue weighted by molar-refractivity contribution is 7.91. The van der Waals surface area contributed by atoms with Crippen molar-refractivity contribution in [3.63, 3.8) is 0 Å². The van der Waals surface area contributed by atoms with Crippen molar-refractivity contribution in [3.8, 4) is 5.75 Å². The van der Waals surface area contributed by atoms with Crippen LogP contribution in [-0.2, 0) is 16.3 Å². The van der Waals surface area contributed by atoms with Crippen molar-refractivity contribution in [2.75, 3.05) is 30.0 Å². The van der Waals surface area contributed by atoms with E-state index in [2.05, 4.69) is 11.4 Å². The highest BCUT2D eigenvalue weighted by atomic mass is 32.2. The van der Waals surface area contributed by atoms with E-state index >= 15 is 0 Å².